The highest BCUT2D eigenvalue weighted by atomic mass is 19.1. The molecule has 1 rings (SSSR count). The van der Waals surface area contributed by atoms with Crippen LogP contribution in [0.15, 0.2) is 18.2 Å². The largest absolute Gasteiger partial charge is 0.393 e. The van der Waals surface area contributed by atoms with Crippen LogP contribution in [0.25, 0.3) is 0 Å². The molecule has 0 bridgehead atoms. The molecule has 3 heteroatoms. The molecule has 2 nitrogen and oxygen atoms in total. The molecule has 1 aromatic rings. The summed E-state index contributed by atoms with van der Waals surface area (Å²) in [5.41, 5.74) is 0.797. The van der Waals surface area contributed by atoms with Crippen LogP contribution in [0.3, 0.4) is 0 Å². The minimum atomic E-state index is -0.517. The summed E-state index contributed by atoms with van der Waals surface area (Å²) in [7, 11) is 0. The first kappa shape index (κ1) is 9.69. The molecule has 0 aliphatic rings. The molecule has 0 amide bonds. The van der Waals surface area contributed by atoms with Crippen LogP contribution >= 0.6 is 0 Å². The van der Waals surface area contributed by atoms with E-state index in [4.69, 9.17) is 10.4 Å². The van der Waals surface area contributed by atoms with E-state index in [-0.39, 0.29) is 5.56 Å². The zero-order valence-corrected chi connectivity index (χ0v) is 7.29. The Hall–Kier alpha value is -1.40. The number of aliphatic hydroxyl groups excluding tert-OH is 1. The first-order valence-electron chi connectivity index (χ1n) is 4.00. The Balaban J connectivity index is 2.95. The van der Waals surface area contributed by atoms with E-state index in [9.17, 15) is 4.39 Å². The second kappa shape index (κ2) is 4.01. The van der Waals surface area contributed by atoms with Gasteiger partial charge >= 0.3 is 0 Å². The average molecular weight is 179 g/mol. The van der Waals surface area contributed by atoms with Crippen molar-refractivity contribution < 1.29 is 9.50 Å². The van der Waals surface area contributed by atoms with Crippen molar-refractivity contribution >= 4 is 0 Å². The van der Waals surface area contributed by atoms with E-state index in [1.54, 1.807) is 19.1 Å². The van der Waals surface area contributed by atoms with Crippen molar-refractivity contribution in [2.24, 2.45) is 0 Å². The standard InChI is InChI=1S/C10H10FNO/c1-7(13)4-8-2-3-10(11)9(5-8)6-12/h2-3,5,7,13H,4H2,1H3/t7-/m0/s1. The maximum absolute atomic E-state index is 12.8. The predicted octanol–water partition coefficient (Wildman–Crippen LogP) is 1.62. The molecule has 68 valence electrons. The van der Waals surface area contributed by atoms with Crippen molar-refractivity contribution in [3.63, 3.8) is 0 Å². The van der Waals surface area contributed by atoms with Crippen molar-refractivity contribution in [3.05, 3.63) is 35.1 Å². The highest BCUT2D eigenvalue weighted by Crippen LogP contribution is 2.11. The van der Waals surface area contributed by atoms with Crippen LogP contribution in [-0.2, 0) is 6.42 Å². The molecule has 0 spiro atoms. The molecule has 0 aliphatic heterocycles. The summed E-state index contributed by atoms with van der Waals surface area (Å²) in [4.78, 5) is 0. The molecular formula is C10H10FNO. The maximum Gasteiger partial charge on any atom is 0.140 e. The summed E-state index contributed by atoms with van der Waals surface area (Å²) in [6.07, 6.45) is -0.0356. The molecule has 0 aliphatic carbocycles. The molecule has 0 heterocycles. The monoisotopic (exact) mass is 179 g/mol. The number of nitriles is 1. The van der Waals surface area contributed by atoms with Crippen molar-refractivity contribution in [2.75, 3.05) is 0 Å². The Morgan fingerprint density at radius 1 is 1.62 bits per heavy atom. The number of aliphatic hydroxyl groups is 1. The van der Waals surface area contributed by atoms with Crippen molar-refractivity contribution in [1.29, 1.82) is 5.26 Å². The predicted molar refractivity (Wildman–Crippen MR) is 46.5 cm³/mol. The Kier molecular flexibility index (Phi) is 2.99. The fourth-order valence-corrected chi connectivity index (χ4v) is 1.13. The number of rotatable bonds is 2. The van der Waals surface area contributed by atoms with E-state index in [0.717, 1.165) is 5.56 Å². The van der Waals surface area contributed by atoms with Gasteiger partial charge in [0.05, 0.1) is 11.7 Å². The van der Waals surface area contributed by atoms with Gasteiger partial charge in [-0.2, -0.15) is 5.26 Å². The molecule has 0 fully saturated rings. The van der Waals surface area contributed by atoms with Gasteiger partial charge in [0.1, 0.15) is 11.9 Å². The second-order valence-corrected chi connectivity index (χ2v) is 2.98. The summed E-state index contributed by atoms with van der Waals surface area (Å²) >= 11 is 0. The molecule has 0 radical (unpaired) electrons. The SMILES string of the molecule is C[C@H](O)Cc1ccc(F)c(C#N)c1. The van der Waals surface area contributed by atoms with Gasteiger partial charge in [-0.15, -0.1) is 0 Å². The zero-order chi connectivity index (χ0) is 9.84. The van der Waals surface area contributed by atoms with Gasteiger partial charge in [-0.3, -0.25) is 0 Å². The maximum atomic E-state index is 12.8. The van der Waals surface area contributed by atoms with Gasteiger partial charge in [-0.25, -0.2) is 4.39 Å². The first-order chi connectivity index (χ1) is 6.13. The van der Waals surface area contributed by atoms with E-state index in [0.29, 0.717) is 6.42 Å². The Labute approximate surface area is 76.2 Å². The van der Waals surface area contributed by atoms with Gasteiger partial charge in [0.25, 0.3) is 0 Å². The van der Waals surface area contributed by atoms with Crippen LogP contribution in [-0.4, -0.2) is 11.2 Å². The van der Waals surface area contributed by atoms with E-state index in [1.165, 1.54) is 12.1 Å². The van der Waals surface area contributed by atoms with E-state index in [2.05, 4.69) is 0 Å². The van der Waals surface area contributed by atoms with Gasteiger partial charge < -0.3 is 5.11 Å². The first-order valence-corrected chi connectivity index (χ1v) is 4.00. The van der Waals surface area contributed by atoms with Crippen LogP contribution in [0.4, 0.5) is 4.39 Å². The molecule has 0 saturated heterocycles. The third-order valence-electron chi connectivity index (χ3n) is 1.68. The molecule has 0 aromatic heterocycles. The number of nitrogens with zero attached hydrogens (tertiary/aromatic N) is 1. The van der Waals surface area contributed by atoms with Gasteiger partial charge in [0.2, 0.25) is 0 Å². The lowest BCUT2D eigenvalue weighted by Crippen LogP contribution is -2.04. The minimum absolute atomic E-state index is 0.0261. The van der Waals surface area contributed by atoms with Gasteiger partial charge in [-0.1, -0.05) is 6.07 Å². The number of halogens is 1. The van der Waals surface area contributed by atoms with Crippen molar-refractivity contribution in [1.82, 2.24) is 0 Å². The van der Waals surface area contributed by atoms with Crippen LogP contribution < -0.4 is 0 Å². The highest BCUT2D eigenvalue weighted by molar-refractivity contribution is 5.34. The Morgan fingerprint density at radius 3 is 2.85 bits per heavy atom. The fourth-order valence-electron chi connectivity index (χ4n) is 1.13. The fraction of sp³-hybridized carbons (Fsp3) is 0.300. The summed E-state index contributed by atoms with van der Waals surface area (Å²) < 4.78 is 12.8. The summed E-state index contributed by atoms with van der Waals surface area (Å²) in [6.45, 7) is 1.65. The van der Waals surface area contributed by atoms with E-state index < -0.39 is 11.9 Å². The Morgan fingerprint density at radius 2 is 2.31 bits per heavy atom. The van der Waals surface area contributed by atoms with Gasteiger partial charge in [0.15, 0.2) is 0 Å². The van der Waals surface area contributed by atoms with Gasteiger partial charge in [0, 0.05) is 0 Å². The molecule has 0 unspecified atom stereocenters. The normalized spacial score (nSPS) is 12.2. The molecule has 1 atom stereocenters. The summed E-state index contributed by atoms with van der Waals surface area (Å²) in [5, 5.41) is 17.6. The lowest BCUT2D eigenvalue weighted by molar-refractivity contribution is 0.195. The lowest BCUT2D eigenvalue weighted by Gasteiger charge is -2.04. The number of benzene rings is 1. The summed E-state index contributed by atoms with van der Waals surface area (Å²) in [5.74, 6) is -0.517. The van der Waals surface area contributed by atoms with Gasteiger partial charge in [-0.05, 0) is 31.0 Å². The molecule has 0 saturated carbocycles. The van der Waals surface area contributed by atoms with Crippen molar-refractivity contribution in [2.45, 2.75) is 19.4 Å². The van der Waals surface area contributed by atoms with Crippen LogP contribution in [0.1, 0.15) is 18.1 Å². The highest BCUT2D eigenvalue weighted by Gasteiger charge is 2.04. The quantitative estimate of drug-likeness (QED) is 0.749. The van der Waals surface area contributed by atoms with Crippen LogP contribution in [0.2, 0.25) is 0 Å². The molecular weight excluding hydrogens is 169 g/mol. The second-order valence-electron chi connectivity index (χ2n) is 2.98. The topological polar surface area (TPSA) is 44.0 Å². The van der Waals surface area contributed by atoms with Crippen molar-refractivity contribution in [3.8, 4) is 6.07 Å². The molecule has 13 heavy (non-hydrogen) atoms. The molecule has 1 N–H and O–H groups in total. The van der Waals surface area contributed by atoms with E-state index in [1.807, 2.05) is 0 Å². The molecule has 1 aromatic carbocycles. The van der Waals surface area contributed by atoms with E-state index >= 15 is 0 Å². The third kappa shape index (κ3) is 2.53. The Bertz CT molecular complexity index is 341. The van der Waals surface area contributed by atoms with Crippen LogP contribution in [0, 0.1) is 17.1 Å². The lowest BCUT2D eigenvalue weighted by atomic mass is 10.1. The number of hydrogen-bond acceptors (Lipinski definition) is 2. The third-order valence-corrected chi connectivity index (χ3v) is 1.68. The average Bonchev–Trinajstić information content (AvgIpc) is 2.07. The smallest absolute Gasteiger partial charge is 0.140 e. The zero-order valence-electron chi connectivity index (χ0n) is 7.29. The number of hydrogen-bond donors (Lipinski definition) is 1. The summed E-state index contributed by atoms with van der Waals surface area (Å²) in [6, 6.07) is 6.03. The van der Waals surface area contributed by atoms with Crippen LogP contribution in [0.5, 0.6) is 0 Å². The minimum Gasteiger partial charge on any atom is -0.393 e.